The predicted octanol–water partition coefficient (Wildman–Crippen LogP) is 3.00. The molecular weight excluding hydrogens is 238 g/mol. The van der Waals surface area contributed by atoms with Gasteiger partial charge < -0.3 is 14.6 Å². The maximum atomic E-state index is 6.00. The summed E-state index contributed by atoms with van der Waals surface area (Å²) in [5.74, 6) is 1.07. The van der Waals surface area contributed by atoms with E-state index in [0.29, 0.717) is 6.61 Å². The molecule has 1 aromatic heterocycles. The molecule has 0 amide bonds. The molecule has 1 aromatic rings. The van der Waals surface area contributed by atoms with Crippen LogP contribution >= 0.6 is 0 Å². The number of ether oxygens (including phenoxy) is 1. The molecule has 0 saturated carbocycles. The lowest BCUT2D eigenvalue weighted by Gasteiger charge is -2.36. The summed E-state index contributed by atoms with van der Waals surface area (Å²) in [6.45, 7) is 12.6. The van der Waals surface area contributed by atoms with Crippen molar-refractivity contribution in [2.45, 2.75) is 59.7 Å². The van der Waals surface area contributed by atoms with Crippen molar-refractivity contribution >= 4 is 0 Å². The molecule has 2 atom stereocenters. The molecule has 0 radical (unpaired) electrons. The zero-order chi connectivity index (χ0) is 14.5. The quantitative estimate of drug-likeness (QED) is 0.825. The van der Waals surface area contributed by atoms with Crippen molar-refractivity contribution in [3.63, 3.8) is 0 Å². The van der Waals surface area contributed by atoms with Gasteiger partial charge in [-0.15, -0.1) is 0 Å². The van der Waals surface area contributed by atoms with Gasteiger partial charge in [-0.25, -0.2) is 4.98 Å². The van der Waals surface area contributed by atoms with Gasteiger partial charge >= 0.3 is 0 Å². The van der Waals surface area contributed by atoms with E-state index in [1.807, 2.05) is 20.2 Å². The monoisotopic (exact) mass is 267 g/mol. The zero-order valence-corrected chi connectivity index (χ0v) is 13.2. The molecule has 1 heterocycles. The SMILES string of the molecule is CCCn1ccnc1C(NC)C(OCC)C(C)(C)C. The van der Waals surface area contributed by atoms with Crippen molar-refractivity contribution in [3.05, 3.63) is 18.2 Å². The van der Waals surface area contributed by atoms with Crippen molar-refractivity contribution in [1.82, 2.24) is 14.9 Å². The first kappa shape index (κ1) is 16.2. The molecule has 0 aromatic carbocycles. The van der Waals surface area contributed by atoms with Crippen LogP contribution in [0.2, 0.25) is 0 Å². The molecular formula is C15H29N3O. The molecule has 0 fully saturated rings. The summed E-state index contributed by atoms with van der Waals surface area (Å²) >= 11 is 0. The lowest BCUT2D eigenvalue weighted by atomic mass is 9.84. The lowest BCUT2D eigenvalue weighted by molar-refractivity contribution is -0.0375. The van der Waals surface area contributed by atoms with E-state index in [2.05, 4.69) is 48.8 Å². The molecule has 0 bridgehead atoms. The summed E-state index contributed by atoms with van der Waals surface area (Å²) in [5.41, 5.74) is 0.0622. The fraction of sp³-hybridized carbons (Fsp3) is 0.800. The number of rotatable bonds is 7. The number of hydrogen-bond acceptors (Lipinski definition) is 3. The minimum atomic E-state index is 0.0622. The van der Waals surface area contributed by atoms with Crippen LogP contribution in [-0.4, -0.2) is 29.3 Å². The Morgan fingerprint density at radius 3 is 2.53 bits per heavy atom. The number of nitrogens with one attached hydrogen (secondary N) is 1. The molecule has 0 aliphatic heterocycles. The van der Waals surface area contributed by atoms with E-state index in [1.54, 1.807) is 0 Å². The molecule has 0 aliphatic rings. The third-order valence-corrected chi connectivity index (χ3v) is 3.30. The molecule has 0 aliphatic carbocycles. The molecule has 1 rings (SSSR count). The molecule has 4 nitrogen and oxygen atoms in total. The van der Waals surface area contributed by atoms with E-state index in [-0.39, 0.29) is 17.6 Å². The largest absolute Gasteiger partial charge is 0.376 e. The van der Waals surface area contributed by atoms with Crippen molar-refractivity contribution in [2.75, 3.05) is 13.7 Å². The van der Waals surface area contributed by atoms with E-state index in [0.717, 1.165) is 18.8 Å². The van der Waals surface area contributed by atoms with Gasteiger partial charge in [0, 0.05) is 25.5 Å². The molecule has 1 N–H and O–H groups in total. The van der Waals surface area contributed by atoms with E-state index in [4.69, 9.17) is 4.74 Å². The first-order chi connectivity index (χ1) is 8.95. The zero-order valence-electron chi connectivity index (χ0n) is 13.2. The minimum Gasteiger partial charge on any atom is -0.376 e. The minimum absolute atomic E-state index is 0.0622. The van der Waals surface area contributed by atoms with E-state index in [1.165, 1.54) is 0 Å². The van der Waals surface area contributed by atoms with Gasteiger partial charge in [0.2, 0.25) is 0 Å². The van der Waals surface area contributed by atoms with Crippen LogP contribution in [-0.2, 0) is 11.3 Å². The van der Waals surface area contributed by atoms with E-state index < -0.39 is 0 Å². The number of aryl methyl sites for hydroxylation is 1. The summed E-state index contributed by atoms with van der Waals surface area (Å²) < 4.78 is 8.22. The number of nitrogens with zero attached hydrogens (tertiary/aromatic N) is 2. The molecule has 110 valence electrons. The Bertz CT molecular complexity index is 368. The molecule has 2 unspecified atom stereocenters. The molecule has 0 saturated heterocycles. The predicted molar refractivity (Wildman–Crippen MR) is 79.2 cm³/mol. The highest BCUT2D eigenvalue weighted by Gasteiger charge is 2.35. The van der Waals surface area contributed by atoms with Crippen LogP contribution in [0.3, 0.4) is 0 Å². The summed E-state index contributed by atoms with van der Waals surface area (Å²) in [6.07, 6.45) is 5.13. The van der Waals surface area contributed by atoms with E-state index in [9.17, 15) is 0 Å². The van der Waals surface area contributed by atoms with Crippen LogP contribution in [0.5, 0.6) is 0 Å². The topological polar surface area (TPSA) is 39.1 Å². The molecule has 4 heteroatoms. The first-order valence-corrected chi connectivity index (χ1v) is 7.25. The Morgan fingerprint density at radius 1 is 1.37 bits per heavy atom. The summed E-state index contributed by atoms with van der Waals surface area (Å²) in [6, 6.07) is 0.112. The highest BCUT2D eigenvalue weighted by molar-refractivity contribution is 5.04. The van der Waals surface area contributed by atoms with Crippen LogP contribution < -0.4 is 5.32 Å². The second-order valence-corrected chi connectivity index (χ2v) is 5.99. The van der Waals surface area contributed by atoms with Crippen LogP contribution in [0.15, 0.2) is 12.4 Å². The first-order valence-electron chi connectivity index (χ1n) is 7.25. The van der Waals surface area contributed by atoms with Gasteiger partial charge in [0.05, 0.1) is 12.1 Å². The van der Waals surface area contributed by atoms with Gasteiger partial charge in [0.25, 0.3) is 0 Å². The second-order valence-electron chi connectivity index (χ2n) is 5.99. The Balaban J connectivity index is 3.05. The van der Waals surface area contributed by atoms with Gasteiger partial charge in [0.15, 0.2) is 0 Å². The Morgan fingerprint density at radius 2 is 2.05 bits per heavy atom. The fourth-order valence-electron chi connectivity index (χ4n) is 2.47. The summed E-state index contributed by atoms with van der Waals surface area (Å²) in [4.78, 5) is 4.54. The van der Waals surface area contributed by atoms with Crippen molar-refractivity contribution in [1.29, 1.82) is 0 Å². The maximum absolute atomic E-state index is 6.00. The number of hydrogen-bond donors (Lipinski definition) is 1. The summed E-state index contributed by atoms with van der Waals surface area (Å²) in [7, 11) is 1.98. The Hall–Kier alpha value is -0.870. The third kappa shape index (κ3) is 4.05. The van der Waals surface area contributed by atoms with Crippen LogP contribution in [0.25, 0.3) is 0 Å². The average molecular weight is 267 g/mol. The number of likely N-dealkylation sites (N-methyl/N-ethyl adjacent to an activating group) is 1. The standard InChI is InChI=1S/C15H29N3O/c1-7-10-18-11-9-17-14(18)12(16-6)13(19-8-2)15(3,4)5/h9,11-13,16H,7-8,10H2,1-6H3. The van der Waals surface area contributed by atoms with Crippen molar-refractivity contribution in [3.8, 4) is 0 Å². The average Bonchev–Trinajstić information content (AvgIpc) is 2.77. The number of aromatic nitrogens is 2. The molecule has 19 heavy (non-hydrogen) atoms. The highest BCUT2D eigenvalue weighted by Crippen LogP contribution is 2.32. The van der Waals surface area contributed by atoms with Crippen molar-refractivity contribution < 1.29 is 4.74 Å². The van der Waals surface area contributed by atoms with Gasteiger partial charge in [-0.1, -0.05) is 27.7 Å². The van der Waals surface area contributed by atoms with Gasteiger partial charge in [0.1, 0.15) is 5.82 Å². The van der Waals surface area contributed by atoms with Gasteiger partial charge in [-0.3, -0.25) is 0 Å². The van der Waals surface area contributed by atoms with Gasteiger partial charge in [-0.05, 0) is 25.8 Å². The third-order valence-electron chi connectivity index (χ3n) is 3.30. The maximum Gasteiger partial charge on any atom is 0.128 e. The second kappa shape index (κ2) is 7.06. The molecule has 0 spiro atoms. The van der Waals surface area contributed by atoms with Gasteiger partial charge in [-0.2, -0.15) is 0 Å². The van der Waals surface area contributed by atoms with Crippen molar-refractivity contribution in [2.24, 2.45) is 5.41 Å². The Kier molecular flexibility index (Phi) is 6.01. The highest BCUT2D eigenvalue weighted by atomic mass is 16.5. The smallest absolute Gasteiger partial charge is 0.128 e. The van der Waals surface area contributed by atoms with E-state index >= 15 is 0 Å². The lowest BCUT2D eigenvalue weighted by Crippen LogP contribution is -2.42. The van der Waals surface area contributed by atoms with Crippen LogP contribution in [0.4, 0.5) is 0 Å². The van der Waals surface area contributed by atoms with Crippen LogP contribution in [0.1, 0.15) is 52.9 Å². The normalized spacial score (nSPS) is 15.5. The number of imidazole rings is 1. The fourth-order valence-corrected chi connectivity index (χ4v) is 2.47. The van der Waals surface area contributed by atoms with Crippen LogP contribution in [0, 0.1) is 5.41 Å². The Labute approximate surface area is 117 Å². The summed E-state index contributed by atoms with van der Waals surface area (Å²) in [5, 5.41) is 3.39.